The third-order valence-electron chi connectivity index (χ3n) is 3.21. The van der Waals surface area contributed by atoms with Gasteiger partial charge in [0.15, 0.2) is 9.84 Å². The van der Waals surface area contributed by atoms with Gasteiger partial charge in [0.2, 0.25) is 0 Å². The molecule has 0 bridgehead atoms. The van der Waals surface area contributed by atoms with E-state index in [-0.39, 0.29) is 0 Å². The molecule has 1 atom stereocenters. The molecule has 0 spiro atoms. The van der Waals surface area contributed by atoms with Crippen molar-refractivity contribution in [1.82, 2.24) is 10.2 Å². The number of nitrogens with zero attached hydrogens (tertiary/aromatic N) is 1. The van der Waals surface area contributed by atoms with Gasteiger partial charge in [0, 0.05) is 32.7 Å². The normalized spacial score (nSPS) is 31.4. The molecule has 0 aromatic rings. The molecule has 0 radical (unpaired) electrons. The zero-order valence-electron chi connectivity index (χ0n) is 9.52. The van der Waals surface area contributed by atoms with Gasteiger partial charge in [-0.1, -0.05) is 0 Å². The van der Waals surface area contributed by atoms with Crippen LogP contribution in [0.1, 0.15) is 6.42 Å². The van der Waals surface area contributed by atoms with E-state index in [1.807, 2.05) is 0 Å². The Hall–Kier alpha value is -0.170. The van der Waals surface area contributed by atoms with Crippen molar-refractivity contribution in [3.63, 3.8) is 0 Å². The summed E-state index contributed by atoms with van der Waals surface area (Å²) in [6, 6.07) is 0. The van der Waals surface area contributed by atoms with Crippen molar-refractivity contribution in [2.24, 2.45) is 0 Å². The quantitative estimate of drug-likeness (QED) is 0.701. The summed E-state index contributed by atoms with van der Waals surface area (Å²) in [6.07, 6.45) is 1.29. The Morgan fingerprint density at radius 3 is 2.69 bits per heavy atom. The van der Waals surface area contributed by atoms with Gasteiger partial charge in [-0.25, -0.2) is 8.42 Å². The van der Waals surface area contributed by atoms with E-state index in [2.05, 4.69) is 10.2 Å². The van der Waals surface area contributed by atoms with E-state index in [0.717, 1.165) is 32.7 Å². The fraction of sp³-hybridized carbons (Fsp3) is 1.00. The molecule has 2 rings (SSSR count). The van der Waals surface area contributed by atoms with Crippen LogP contribution in [0.2, 0.25) is 0 Å². The Morgan fingerprint density at radius 2 is 2.06 bits per heavy atom. The van der Waals surface area contributed by atoms with Crippen LogP contribution in [0.25, 0.3) is 0 Å². The van der Waals surface area contributed by atoms with E-state index in [1.54, 1.807) is 0 Å². The first kappa shape index (κ1) is 12.3. The van der Waals surface area contributed by atoms with E-state index in [9.17, 15) is 8.42 Å². The summed E-state index contributed by atoms with van der Waals surface area (Å²) in [6.45, 7) is 4.97. The highest BCUT2D eigenvalue weighted by Crippen LogP contribution is 2.07. The molecule has 2 aliphatic rings. The second-order valence-electron chi connectivity index (χ2n) is 4.48. The highest BCUT2D eigenvalue weighted by atomic mass is 32.2. The lowest BCUT2D eigenvalue weighted by Crippen LogP contribution is -2.44. The Kier molecular flexibility index (Phi) is 4.18. The molecular formula is C10H20N2O3S. The molecule has 16 heavy (non-hydrogen) atoms. The summed E-state index contributed by atoms with van der Waals surface area (Å²) >= 11 is 0. The van der Waals surface area contributed by atoms with Crippen molar-refractivity contribution in [2.45, 2.75) is 12.5 Å². The zero-order valence-corrected chi connectivity index (χ0v) is 10.3. The third-order valence-corrected chi connectivity index (χ3v) is 4.82. The fourth-order valence-electron chi connectivity index (χ4n) is 2.11. The first-order chi connectivity index (χ1) is 7.66. The van der Waals surface area contributed by atoms with E-state index in [0.29, 0.717) is 30.7 Å². The number of hydrogen-bond donors (Lipinski definition) is 1. The molecule has 5 nitrogen and oxygen atoms in total. The van der Waals surface area contributed by atoms with Crippen LogP contribution in [0.5, 0.6) is 0 Å². The molecule has 2 fully saturated rings. The molecule has 2 heterocycles. The summed E-state index contributed by atoms with van der Waals surface area (Å²) in [5.41, 5.74) is 0. The van der Waals surface area contributed by atoms with Gasteiger partial charge in [-0.15, -0.1) is 0 Å². The molecule has 0 saturated carbocycles. The van der Waals surface area contributed by atoms with Crippen LogP contribution in [0.15, 0.2) is 0 Å². The molecule has 0 aromatic carbocycles. The molecule has 0 aromatic heterocycles. The van der Waals surface area contributed by atoms with Crippen molar-refractivity contribution >= 4 is 9.84 Å². The zero-order chi connectivity index (χ0) is 11.4. The minimum Gasteiger partial charge on any atom is -0.376 e. The maximum atomic E-state index is 11.2. The van der Waals surface area contributed by atoms with Crippen LogP contribution in [0.4, 0.5) is 0 Å². The van der Waals surface area contributed by atoms with Crippen molar-refractivity contribution in [3.8, 4) is 0 Å². The average molecular weight is 248 g/mol. The van der Waals surface area contributed by atoms with Gasteiger partial charge in [-0.2, -0.15) is 0 Å². The summed E-state index contributed by atoms with van der Waals surface area (Å²) < 4.78 is 28.1. The smallest absolute Gasteiger partial charge is 0.152 e. The Bertz CT molecular complexity index is 298. The third kappa shape index (κ3) is 3.69. The average Bonchev–Trinajstić information content (AvgIpc) is 2.29. The lowest BCUT2D eigenvalue weighted by Gasteiger charge is -2.29. The Morgan fingerprint density at radius 1 is 1.31 bits per heavy atom. The second-order valence-corrected chi connectivity index (χ2v) is 6.78. The van der Waals surface area contributed by atoms with Gasteiger partial charge < -0.3 is 15.0 Å². The van der Waals surface area contributed by atoms with E-state index in [1.165, 1.54) is 0 Å². The molecule has 2 aliphatic heterocycles. The molecule has 6 heteroatoms. The first-order valence-corrected chi connectivity index (χ1v) is 7.73. The SMILES string of the molecule is O=S1(=O)CCN(CCC2CNCCO2)CC1. The summed E-state index contributed by atoms with van der Waals surface area (Å²) in [5, 5.41) is 3.30. The minimum atomic E-state index is -2.74. The van der Waals surface area contributed by atoms with E-state index >= 15 is 0 Å². The summed E-state index contributed by atoms with van der Waals surface area (Å²) in [5.74, 6) is 0.632. The van der Waals surface area contributed by atoms with Gasteiger partial charge in [0.25, 0.3) is 0 Å². The van der Waals surface area contributed by atoms with Crippen LogP contribution in [-0.4, -0.2) is 70.3 Å². The van der Waals surface area contributed by atoms with E-state index in [4.69, 9.17) is 4.74 Å². The van der Waals surface area contributed by atoms with Crippen LogP contribution in [0.3, 0.4) is 0 Å². The highest BCUT2D eigenvalue weighted by Gasteiger charge is 2.22. The molecule has 94 valence electrons. The lowest BCUT2D eigenvalue weighted by atomic mass is 10.2. The van der Waals surface area contributed by atoms with Crippen molar-refractivity contribution in [3.05, 3.63) is 0 Å². The number of hydrogen-bond acceptors (Lipinski definition) is 5. The van der Waals surface area contributed by atoms with Gasteiger partial charge in [0.05, 0.1) is 24.2 Å². The van der Waals surface area contributed by atoms with Crippen LogP contribution >= 0.6 is 0 Å². The molecule has 1 N–H and O–H groups in total. The van der Waals surface area contributed by atoms with Crippen molar-refractivity contribution in [1.29, 1.82) is 0 Å². The molecule has 0 amide bonds. The van der Waals surface area contributed by atoms with Crippen molar-refractivity contribution in [2.75, 3.05) is 50.8 Å². The molecule has 2 saturated heterocycles. The fourth-order valence-corrected chi connectivity index (χ4v) is 3.38. The van der Waals surface area contributed by atoms with Gasteiger partial charge in [0.1, 0.15) is 0 Å². The standard InChI is InChI=1S/C10H20N2O3S/c13-16(14)7-4-12(5-8-16)3-1-10-9-11-2-6-15-10/h10-11H,1-9H2. The molecular weight excluding hydrogens is 228 g/mol. The Balaban J connectivity index is 1.67. The second kappa shape index (κ2) is 5.44. The predicted molar refractivity (Wildman–Crippen MR) is 62.3 cm³/mol. The summed E-state index contributed by atoms with van der Waals surface area (Å²) in [7, 11) is -2.74. The van der Waals surface area contributed by atoms with Gasteiger partial charge >= 0.3 is 0 Å². The topological polar surface area (TPSA) is 58.6 Å². The predicted octanol–water partition coefficient (Wildman–Crippen LogP) is -0.905. The van der Waals surface area contributed by atoms with E-state index < -0.39 is 9.84 Å². The number of rotatable bonds is 3. The van der Waals surface area contributed by atoms with Crippen LogP contribution < -0.4 is 5.32 Å². The largest absolute Gasteiger partial charge is 0.376 e. The molecule has 0 aliphatic carbocycles. The highest BCUT2D eigenvalue weighted by molar-refractivity contribution is 7.91. The minimum absolute atomic E-state index is 0.298. The number of morpholine rings is 1. The van der Waals surface area contributed by atoms with Crippen molar-refractivity contribution < 1.29 is 13.2 Å². The lowest BCUT2D eigenvalue weighted by molar-refractivity contribution is 0.0179. The first-order valence-electron chi connectivity index (χ1n) is 5.91. The number of ether oxygens (including phenoxy) is 1. The molecule has 1 unspecified atom stereocenters. The number of nitrogens with one attached hydrogen (secondary N) is 1. The Labute approximate surface area is 97.1 Å². The van der Waals surface area contributed by atoms with Gasteiger partial charge in [-0.05, 0) is 6.42 Å². The summed E-state index contributed by atoms with van der Waals surface area (Å²) in [4.78, 5) is 2.22. The van der Waals surface area contributed by atoms with Crippen LogP contribution in [-0.2, 0) is 14.6 Å². The number of sulfone groups is 1. The maximum Gasteiger partial charge on any atom is 0.152 e. The van der Waals surface area contributed by atoms with Crippen LogP contribution in [0, 0.1) is 0 Å². The maximum absolute atomic E-state index is 11.2. The monoisotopic (exact) mass is 248 g/mol. The van der Waals surface area contributed by atoms with Gasteiger partial charge in [-0.3, -0.25) is 0 Å².